The van der Waals surface area contributed by atoms with Gasteiger partial charge in [-0.3, -0.25) is 9.59 Å². The van der Waals surface area contributed by atoms with Crippen molar-refractivity contribution in [3.63, 3.8) is 0 Å². The summed E-state index contributed by atoms with van der Waals surface area (Å²) in [5, 5.41) is 8.29. The average Bonchev–Trinajstić information content (AvgIpc) is 2.19. The van der Waals surface area contributed by atoms with Crippen LogP contribution in [0.25, 0.3) is 0 Å². The van der Waals surface area contributed by atoms with Crippen LogP contribution >= 0.6 is 0 Å². The van der Waals surface area contributed by atoms with Crippen LogP contribution in [0.2, 0.25) is 0 Å². The van der Waals surface area contributed by atoms with Crippen LogP contribution in [-0.4, -0.2) is 36.9 Å². The normalized spacial score (nSPS) is 9.60. The van der Waals surface area contributed by atoms with Crippen LogP contribution in [0.5, 0.6) is 0 Å². The number of aliphatic carboxylic acids is 1. The van der Waals surface area contributed by atoms with Gasteiger partial charge in [-0.2, -0.15) is 0 Å². The molecule has 0 aliphatic rings. The summed E-state index contributed by atoms with van der Waals surface area (Å²) in [6.45, 7) is 4.18. The fourth-order valence-electron chi connectivity index (χ4n) is 0.804. The van der Waals surface area contributed by atoms with E-state index in [4.69, 9.17) is 14.6 Å². The van der Waals surface area contributed by atoms with E-state index in [9.17, 15) is 9.59 Å². The number of esters is 1. The molecule has 0 fully saturated rings. The van der Waals surface area contributed by atoms with Crippen molar-refractivity contribution in [3.8, 4) is 0 Å². The van der Waals surface area contributed by atoms with Gasteiger partial charge in [0.25, 0.3) is 0 Å². The first-order valence-corrected chi connectivity index (χ1v) is 4.73. The molecule has 15 heavy (non-hydrogen) atoms. The molecular weight excluding hydrogens is 200 g/mol. The van der Waals surface area contributed by atoms with Gasteiger partial charge in [-0.1, -0.05) is 12.7 Å². The molecule has 0 saturated carbocycles. The lowest BCUT2D eigenvalue weighted by Gasteiger charge is -2.02. The van der Waals surface area contributed by atoms with E-state index in [1.54, 1.807) is 0 Å². The summed E-state index contributed by atoms with van der Waals surface area (Å²) in [6.07, 6.45) is 2.30. The Labute approximate surface area is 88.7 Å². The van der Waals surface area contributed by atoms with E-state index >= 15 is 0 Å². The summed E-state index contributed by atoms with van der Waals surface area (Å²) in [5.41, 5.74) is 0. The summed E-state index contributed by atoms with van der Waals surface area (Å²) in [4.78, 5) is 21.0. The van der Waals surface area contributed by atoms with Crippen molar-refractivity contribution in [2.24, 2.45) is 0 Å². The molecule has 0 atom stereocenters. The summed E-state index contributed by atoms with van der Waals surface area (Å²) in [7, 11) is 0. The number of carboxylic acids is 1. The van der Waals surface area contributed by atoms with Crippen LogP contribution in [0.15, 0.2) is 12.7 Å². The number of hydrogen-bond donors (Lipinski definition) is 1. The van der Waals surface area contributed by atoms with E-state index in [1.165, 1.54) is 6.08 Å². The van der Waals surface area contributed by atoms with Crippen molar-refractivity contribution in [2.45, 2.75) is 19.3 Å². The van der Waals surface area contributed by atoms with Gasteiger partial charge in [-0.25, -0.2) is 0 Å². The van der Waals surface area contributed by atoms with Gasteiger partial charge in [0.1, 0.15) is 6.61 Å². The molecule has 0 unspecified atom stereocenters. The Morgan fingerprint density at radius 2 is 2.00 bits per heavy atom. The van der Waals surface area contributed by atoms with Crippen molar-refractivity contribution in [1.29, 1.82) is 0 Å². The number of ether oxygens (including phenoxy) is 2. The number of carbonyl (C=O) groups is 2. The van der Waals surface area contributed by atoms with E-state index in [-0.39, 0.29) is 32.0 Å². The minimum Gasteiger partial charge on any atom is -0.481 e. The van der Waals surface area contributed by atoms with Crippen LogP contribution in [0.1, 0.15) is 19.3 Å². The van der Waals surface area contributed by atoms with Gasteiger partial charge in [-0.05, 0) is 6.42 Å². The Kier molecular flexibility index (Phi) is 8.37. The third-order valence-electron chi connectivity index (χ3n) is 1.49. The number of rotatable bonds is 9. The van der Waals surface area contributed by atoms with Crippen molar-refractivity contribution >= 4 is 11.9 Å². The van der Waals surface area contributed by atoms with Gasteiger partial charge in [0.15, 0.2) is 0 Å². The zero-order valence-electron chi connectivity index (χ0n) is 8.61. The Morgan fingerprint density at radius 1 is 1.27 bits per heavy atom. The maximum atomic E-state index is 10.9. The second-order valence-corrected chi connectivity index (χ2v) is 2.83. The molecule has 1 N–H and O–H groups in total. The second kappa shape index (κ2) is 9.21. The Balaban J connectivity index is 3.19. The molecule has 0 rings (SSSR count). The molecular formula is C10H16O5. The maximum absolute atomic E-state index is 10.9. The van der Waals surface area contributed by atoms with Crippen molar-refractivity contribution in [1.82, 2.24) is 0 Å². The minimum absolute atomic E-state index is 0.0130. The molecule has 86 valence electrons. The van der Waals surface area contributed by atoms with Crippen molar-refractivity contribution in [2.75, 3.05) is 19.8 Å². The zero-order chi connectivity index (χ0) is 11.5. The monoisotopic (exact) mass is 216 g/mol. The number of carbonyl (C=O) groups excluding carboxylic acids is 1. The molecule has 0 aromatic carbocycles. The molecule has 0 saturated heterocycles. The average molecular weight is 216 g/mol. The highest BCUT2D eigenvalue weighted by atomic mass is 16.5. The molecule has 0 aliphatic heterocycles. The number of hydrogen-bond acceptors (Lipinski definition) is 4. The summed E-state index contributed by atoms with van der Waals surface area (Å²) < 4.78 is 9.72. The molecule has 0 radical (unpaired) electrons. The molecule has 0 aliphatic carbocycles. The van der Waals surface area contributed by atoms with E-state index in [0.717, 1.165) is 0 Å². The first kappa shape index (κ1) is 13.6. The van der Waals surface area contributed by atoms with Gasteiger partial charge in [0, 0.05) is 13.0 Å². The van der Waals surface area contributed by atoms with Gasteiger partial charge in [-0.15, -0.1) is 0 Å². The van der Waals surface area contributed by atoms with E-state index in [2.05, 4.69) is 6.58 Å². The first-order valence-electron chi connectivity index (χ1n) is 4.73. The highest BCUT2D eigenvalue weighted by Crippen LogP contribution is 1.94. The van der Waals surface area contributed by atoms with E-state index < -0.39 is 5.97 Å². The van der Waals surface area contributed by atoms with Crippen molar-refractivity contribution < 1.29 is 24.2 Å². The topological polar surface area (TPSA) is 72.8 Å². The Morgan fingerprint density at radius 3 is 2.60 bits per heavy atom. The third-order valence-corrected chi connectivity index (χ3v) is 1.49. The van der Waals surface area contributed by atoms with Gasteiger partial charge in [0.05, 0.1) is 13.0 Å². The molecule has 5 nitrogen and oxygen atoms in total. The third kappa shape index (κ3) is 10.6. The van der Waals surface area contributed by atoms with Crippen LogP contribution in [0.4, 0.5) is 0 Å². The summed E-state index contributed by atoms with van der Waals surface area (Å²) in [5.74, 6) is -1.18. The van der Waals surface area contributed by atoms with Crippen LogP contribution in [0.3, 0.4) is 0 Å². The largest absolute Gasteiger partial charge is 0.481 e. The van der Waals surface area contributed by atoms with E-state index in [0.29, 0.717) is 13.0 Å². The number of carboxylic acid groups (broad SMARTS) is 1. The summed E-state index contributed by atoms with van der Waals surface area (Å²) >= 11 is 0. The SMILES string of the molecule is C=CCOC(=O)CCCOCCC(=O)O. The standard InChI is InChI=1S/C10H16O5/c1-2-6-15-10(13)4-3-7-14-8-5-9(11)12/h2H,1,3-8H2,(H,11,12). The first-order chi connectivity index (χ1) is 7.16. The van der Waals surface area contributed by atoms with Gasteiger partial charge in [0.2, 0.25) is 0 Å². The van der Waals surface area contributed by atoms with E-state index in [1.807, 2.05) is 0 Å². The lowest BCUT2D eigenvalue weighted by Crippen LogP contribution is -2.07. The second-order valence-electron chi connectivity index (χ2n) is 2.83. The smallest absolute Gasteiger partial charge is 0.306 e. The van der Waals surface area contributed by atoms with Gasteiger partial charge >= 0.3 is 11.9 Å². The summed E-state index contributed by atoms with van der Waals surface area (Å²) in [6, 6.07) is 0. The van der Waals surface area contributed by atoms with Crippen LogP contribution in [0, 0.1) is 0 Å². The Hall–Kier alpha value is -1.36. The maximum Gasteiger partial charge on any atom is 0.306 e. The van der Waals surface area contributed by atoms with Crippen molar-refractivity contribution in [3.05, 3.63) is 12.7 Å². The molecule has 0 aromatic heterocycles. The fourth-order valence-corrected chi connectivity index (χ4v) is 0.804. The Bertz CT molecular complexity index is 212. The minimum atomic E-state index is -0.889. The van der Waals surface area contributed by atoms with Crippen LogP contribution in [-0.2, 0) is 19.1 Å². The molecule has 0 heterocycles. The lowest BCUT2D eigenvalue weighted by molar-refractivity contribution is -0.143. The molecule has 0 spiro atoms. The van der Waals surface area contributed by atoms with Crippen LogP contribution < -0.4 is 0 Å². The molecule has 0 aromatic rings. The highest BCUT2D eigenvalue weighted by Gasteiger charge is 2.01. The molecule has 0 amide bonds. The highest BCUT2D eigenvalue weighted by molar-refractivity contribution is 5.69. The molecule has 0 bridgehead atoms. The molecule has 5 heteroatoms. The quantitative estimate of drug-likeness (QED) is 0.353. The zero-order valence-corrected chi connectivity index (χ0v) is 8.61. The fraction of sp³-hybridized carbons (Fsp3) is 0.600. The lowest BCUT2D eigenvalue weighted by atomic mass is 10.3. The predicted molar refractivity (Wildman–Crippen MR) is 53.5 cm³/mol. The van der Waals surface area contributed by atoms with Gasteiger partial charge < -0.3 is 14.6 Å². The predicted octanol–water partition coefficient (Wildman–Crippen LogP) is 0.987.